The zero-order chi connectivity index (χ0) is 14.7. The first-order valence-electron chi connectivity index (χ1n) is 7.19. The first kappa shape index (κ1) is 13.8. The van der Waals surface area contributed by atoms with E-state index in [4.69, 9.17) is 9.94 Å². The fourth-order valence-electron chi connectivity index (χ4n) is 2.64. The summed E-state index contributed by atoms with van der Waals surface area (Å²) in [4.78, 5) is 4.42. The van der Waals surface area contributed by atoms with Gasteiger partial charge in [0.1, 0.15) is 0 Å². The van der Waals surface area contributed by atoms with E-state index in [1.165, 1.54) is 6.21 Å². The number of nitrogens with one attached hydrogen (secondary N) is 1. The van der Waals surface area contributed by atoms with Crippen LogP contribution < -0.4 is 5.32 Å². The molecule has 112 valence electrons. The molecule has 0 unspecified atom stereocenters. The van der Waals surface area contributed by atoms with E-state index in [1.807, 2.05) is 17.8 Å². The normalized spacial score (nSPS) is 16.8. The van der Waals surface area contributed by atoms with Gasteiger partial charge in [-0.15, -0.1) is 0 Å². The summed E-state index contributed by atoms with van der Waals surface area (Å²) in [7, 11) is 0. The van der Waals surface area contributed by atoms with Crippen molar-refractivity contribution < 1.29 is 9.94 Å². The highest BCUT2D eigenvalue weighted by Gasteiger charge is 2.18. The van der Waals surface area contributed by atoms with Crippen LogP contribution >= 0.6 is 0 Å². The van der Waals surface area contributed by atoms with E-state index in [9.17, 15) is 0 Å². The molecule has 21 heavy (non-hydrogen) atoms. The van der Waals surface area contributed by atoms with Gasteiger partial charge >= 0.3 is 0 Å². The van der Waals surface area contributed by atoms with Gasteiger partial charge in [0.15, 0.2) is 5.65 Å². The molecule has 2 aromatic heterocycles. The van der Waals surface area contributed by atoms with E-state index < -0.39 is 0 Å². The minimum atomic E-state index is 0.347. The van der Waals surface area contributed by atoms with Crippen LogP contribution in [-0.2, 0) is 11.3 Å². The number of pyridine rings is 1. The maximum atomic E-state index is 8.85. The lowest BCUT2D eigenvalue weighted by Gasteiger charge is -2.25. The Hall–Kier alpha value is -2.15. The van der Waals surface area contributed by atoms with E-state index >= 15 is 0 Å². The van der Waals surface area contributed by atoms with Crippen molar-refractivity contribution in [2.75, 3.05) is 18.5 Å². The Morgan fingerprint density at radius 2 is 2.29 bits per heavy atom. The smallest absolute Gasteiger partial charge is 0.159 e. The third-order valence-electron chi connectivity index (χ3n) is 3.76. The Bertz CT molecular complexity index is 646. The average Bonchev–Trinajstić information content (AvgIpc) is 2.94. The van der Waals surface area contributed by atoms with Crippen molar-refractivity contribution in [2.45, 2.75) is 32.4 Å². The van der Waals surface area contributed by atoms with Crippen LogP contribution in [-0.4, -0.2) is 45.4 Å². The molecule has 1 aliphatic heterocycles. The van der Waals surface area contributed by atoms with Crippen molar-refractivity contribution in [3.05, 3.63) is 18.0 Å². The number of hydrogen-bond donors (Lipinski definition) is 2. The van der Waals surface area contributed by atoms with Crippen LogP contribution in [0.25, 0.3) is 11.0 Å². The Balaban J connectivity index is 2.02. The molecule has 2 N–H and O–H groups in total. The number of anilines is 1. The molecule has 1 saturated heterocycles. The van der Waals surface area contributed by atoms with Gasteiger partial charge < -0.3 is 15.3 Å². The summed E-state index contributed by atoms with van der Waals surface area (Å²) in [6.07, 6.45) is 6.83. The van der Waals surface area contributed by atoms with E-state index in [2.05, 4.69) is 20.6 Å². The van der Waals surface area contributed by atoms with E-state index in [0.717, 1.165) is 54.9 Å². The third kappa shape index (κ3) is 2.69. The standard InChI is InChI=1S/C14H19N5O2/c1-2-19-14-12(9-16-19)13(10(7-15-14)8-17-20)18-11-3-5-21-6-4-11/h7-9,11,20H,2-6H2,1H3,(H,15,18)/b17-8-. The molecule has 0 bridgehead atoms. The molecule has 0 aromatic carbocycles. The van der Waals surface area contributed by atoms with Crippen molar-refractivity contribution in [1.82, 2.24) is 14.8 Å². The molecule has 0 radical (unpaired) electrons. The molecule has 7 heteroatoms. The largest absolute Gasteiger partial charge is 0.411 e. The van der Waals surface area contributed by atoms with Crippen molar-refractivity contribution in [1.29, 1.82) is 0 Å². The van der Waals surface area contributed by atoms with E-state index in [0.29, 0.717) is 6.04 Å². The number of rotatable bonds is 4. The zero-order valence-corrected chi connectivity index (χ0v) is 12.0. The molecule has 3 heterocycles. The summed E-state index contributed by atoms with van der Waals surface area (Å²) in [6.45, 7) is 4.33. The topological polar surface area (TPSA) is 84.6 Å². The van der Waals surface area contributed by atoms with Crippen LogP contribution in [0.5, 0.6) is 0 Å². The molecular formula is C14H19N5O2. The predicted octanol–water partition coefficient (Wildman–Crippen LogP) is 1.85. The Labute approximate surface area is 122 Å². The predicted molar refractivity (Wildman–Crippen MR) is 80.0 cm³/mol. The van der Waals surface area contributed by atoms with Gasteiger partial charge in [0, 0.05) is 37.6 Å². The summed E-state index contributed by atoms with van der Waals surface area (Å²) in [5.74, 6) is 0. The molecule has 2 aromatic rings. The molecule has 0 aliphatic carbocycles. The highest BCUT2D eigenvalue weighted by atomic mass is 16.5. The maximum Gasteiger partial charge on any atom is 0.159 e. The lowest BCUT2D eigenvalue weighted by atomic mass is 10.1. The van der Waals surface area contributed by atoms with Crippen LogP contribution in [0.3, 0.4) is 0 Å². The maximum absolute atomic E-state index is 8.85. The molecule has 0 saturated carbocycles. The van der Waals surface area contributed by atoms with Crippen molar-refractivity contribution in [2.24, 2.45) is 5.16 Å². The van der Waals surface area contributed by atoms with Gasteiger partial charge in [-0.05, 0) is 19.8 Å². The number of oxime groups is 1. The summed E-state index contributed by atoms with van der Waals surface area (Å²) in [5, 5.41) is 20.8. The van der Waals surface area contributed by atoms with E-state index in [1.54, 1.807) is 6.20 Å². The molecular weight excluding hydrogens is 270 g/mol. The molecule has 0 atom stereocenters. The second-order valence-corrected chi connectivity index (χ2v) is 5.06. The number of aryl methyl sites for hydroxylation is 1. The van der Waals surface area contributed by atoms with Gasteiger partial charge in [0.25, 0.3) is 0 Å². The van der Waals surface area contributed by atoms with E-state index in [-0.39, 0.29) is 0 Å². The first-order chi connectivity index (χ1) is 10.3. The second kappa shape index (κ2) is 6.09. The highest BCUT2D eigenvalue weighted by Crippen LogP contribution is 2.27. The summed E-state index contributed by atoms with van der Waals surface area (Å²) < 4.78 is 7.24. The SMILES string of the molecule is CCn1ncc2c(NC3CCOCC3)c(/C=N\O)cnc21. The van der Waals surface area contributed by atoms with Gasteiger partial charge in [-0.1, -0.05) is 5.16 Å². The number of nitrogens with zero attached hydrogens (tertiary/aromatic N) is 4. The molecule has 0 spiro atoms. The van der Waals surface area contributed by atoms with Crippen LogP contribution in [0.2, 0.25) is 0 Å². The lowest BCUT2D eigenvalue weighted by Crippen LogP contribution is -2.28. The third-order valence-corrected chi connectivity index (χ3v) is 3.76. The van der Waals surface area contributed by atoms with Crippen LogP contribution in [0.15, 0.2) is 17.5 Å². The second-order valence-electron chi connectivity index (χ2n) is 5.06. The Morgan fingerprint density at radius 3 is 3.00 bits per heavy atom. The fourth-order valence-corrected chi connectivity index (χ4v) is 2.64. The quantitative estimate of drug-likeness (QED) is 0.510. The number of aromatic nitrogens is 3. The minimum Gasteiger partial charge on any atom is -0.411 e. The number of hydrogen-bond acceptors (Lipinski definition) is 6. The number of fused-ring (bicyclic) bond motifs is 1. The van der Waals surface area contributed by atoms with Gasteiger partial charge in [-0.3, -0.25) is 0 Å². The lowest BCUT2D eigenvalue weighted by molar-refractivity contribution is 0.0905. The van der Waals surface area contributed by atoms with Crippen LogP contribution in [0.4, 0.5) is 5.69 Å². The van der Waals surface area contributed by atoms with Gasteiger partial charge in [0.05, 0.1) is 23.5 Å². The summed E-state index contributed by atoms with van der Waals surface area (Å²) >= 11 is 0. The fraction of sp³-hybridized carbons (Fsp3) is 0.500. The van der Waals surface area contributed by atoms with Crippen molar-refractivity contribution in [3.63, 3.8) is 0 Å². The Morgan fingerprint density at radius 1 is 1.48 bits per heavy atom. The molecule has 1 fully saturated rings. The first-order valence-corrected chi connectivity index (χ1v) is 7.19. The average molecular weight is 289 g/mol. The molecule has 1 aliphatic rings. The van der Waals surface area contributed by atoms with Gasteiger partial charge in [-0.25, -0.2) is 9.67 Å². The monoisotopic (exact) mass is 289 g/mol. The van der Waals surface area contributed by atoms with Crippen molar-refractivity contribution in [3.8, 4) is 0 Å². The van der Waals surface area contributed by atoms with Crippen molar-refractivity contribution >= 4 is 22.9 Å². The summed E-state index contributed by atoms with van der Waals surface area (Å²) in [5.41, 5.74) is 2.51. The van der Waals surface area contributed by atoms with Crippen LogP contribution in [0.1, 0.15) is 25.3 Å². The minimum absolute atomic E-state index is 0.347. The zero-order valence-electron chi connectivity index (χ0n) is 12.0. The molecule has 7 nitrogen and oxygen atoms in total. The summed E-state index contributed by atoms with van der Waals surface area (Å²) in [6, 6.07) is 0.347. The van der Waals surface area contributed by atoms with Gasteiger partial charge in [0.2, 0.25) is 0 Å². The van der Waals surface area contributed by atoms with Gasteiger partial charge in [-0.2, -0.15) is 5.10 Å². The van der Waals surface area contributed by atoms with Crippen LogP contribution in [0, 0.1) is 0 Å². The number of ether oxygens (including phenoxy) is 1. The molecule has 0 amide bonds. The molecule has 3 rings (SSSR count). The Kier molecular flexibility index (Phi) is 4.01. The highest BCUT2D eigenvalue weighted by molar-refractivity contribution is 6.00.